The van der Waals surface area contributed by atoms with E-state index < -0.39 is 11.5 Å². The molecule has 1 unspecified atom stereocenters. The summed E-state index contributed by atoms with van der Waals surface area (Å²) >= 11 is 3.07. The van der Waals surface area contributed by atoms with E-state index in [4.69, 9.17) is 0 Å². The van der Waals surface area contributed by atoms with Gasteiger partial charge in [-0.3, -0.25) is 4.79 Å². The molecule has 19 heavy (non-hydrogen) atoms. The summed E-state index contributed by atoms with van der Waals surface area (Å²) in [5.41, 5.74) is -0.979. The van der Waals surface area contributed by atoms with Gasteiger partial charge in [0.25, 0.3) is 0 Å². The molecule has 0 saturated carbocycles. The third-order valence-electron chi connectivity index (χ3n) is 3.61. The van der Waals surface area contributed by atoms with Crippen molar-refractivity contribution in [3.8, 4) is 0 Å². The molecule has 0 radical (unpaired) electrons. The average molecular weight is 299 g/mol. The van der Waals surface area contributed by atoms with E-state index in [0.29, 0.717) is 25.1 Å². The Bertz CT molecular complexity index is 460. The molecule has 1 aromatic heterocycles. The molecule has 4 nitrogen and oxygen atoms in total. The molecule has 1 atom stereocenters. The first-order valence-electron chi connectivity index (χ1n) is 6.30. The molecule has 0 aliphatic carbocycles. The lowest BCUT2D eigenvalue weighted by Crippen LogP contribution is -2.53. The van der Waals surface area contributed by atoms with Crippen LogP contribution in [0, 0.1) is 0 Å². The molecule has 1 N–H and O–H groups in total. The Labute approximate surface area is 120 Å². The normalized spacial score (nSPS) is 22.7. The van der Waals surface area contributed by atoms with Crippen LogP contribution in [0.1, 0.15) is 26.2 Å². The second-order valence-electron chi connectivity index (χ2n) is 4.56. The summed E-state index contributed by atoms with van der Waals surface area (Å²) in [6.45, 7) is 2.40. The standard InChI is InChI=1S/C13H17NO3S2/c1-2-13(12(16)17)6-4-7-14(13)10(15)9-19-11-5-3-8-18-11/h3,5,8H,2,4,6-7,9H2,1H3,(H,16,17). The first kappa shape index (κ1) is 14.4. The van der Waals surface area contributed by atoms with Gasteiger partial charge >= 0.3 is 5.97 Å². The van der Waals surface area contributed by atoms with Gasteiger partial charge in [0.15, 0.2) is 0 Å². The maximum atomic E-state index is 12.3. The van der Waals surface area contributed by atoms with Crippen molar-refractivity contribution in [2.75, 3.05) is 12.3 Å². The molecular formula is C13H17NO3S2. The highest BCUT2D eigenvalue weighted by atomic mass is 32.2. The van der Waals surface area contributed by atoms with Crippen molar-refractivity contribution in [3.63, 3.8) is 0 Å². The minimum Gasteiger partial charge on any atom is -0.479 e. The van der Waals surface area contributed by atoms with Gasteiger partial charge in [-0.15, -0.1) is 23.1 Å². The molecule has 0 spiro atoms. The van der Waals surface area contributed by atoms with Gasteiger partial charge in [-0.05, 0) is 30.7 Å². The van der Waals surface area contributed by atoms with Crippen LogP contribution >= 0.6 is 23.1 Å². The van der Waals surface area contributed by atoms with Crippen LogP contribution in [-0.4, -0.2) is 39.7 Å². The number of thiophene rings is 1. The smallest absolute Gasteiger partial charge is 0.329 e. The van der Waals surface area contributed by atoms with E-state index in [0.717, 1.165) is 10.6 Å². The predicted octanol–water partition coefficient (Wildman–Crippen LogP) is 2.70. The van der Waals surface area contributed by atoms with E-state index in [1.54, 1.807) is 16.2 Å². The second-order valence-corrected chi connectivity index (χ2v) is 6.78. The van der Waals surface area contributed by atoms with Gasteiger partial charge in [0.1, 0.15) is 5.54 Å². The predicted molar refractivity (Wildman–Crippen MR) is 76.6 cm³/mol. The number of carbonyl (C=O) groups excluding carboxylic acids is 1. The highest BCUT2D eigenvalue weighted by molar-refractivity contribution is 8.01. The fraction of sp³-hybridized carbons (Fsp3) is 0.538. The average Bonchev–Trinajstić information content (AvgIpc) is 3.05. The summed E-state index contributed by atoms with van der Waals surface area (Å²) in [6.07, 6.45) is 1.81. The van der Waals surface area contributed by atoms with Crippen LogP contribution in [0.25, 0.3) is 0 Å². The third kappa shape index (κ3) is 2.79. The molecule has 6 heteroatoms. The van der Waals surface area contributed by atoms with Crippen LogP contribution in [0.15, 0.2) is 21.7 Å². The van der Waals surface area contributed by atoms with E-state index in [2.05, 4.69) is 0 Å². The number of likely N-dealkylation sites (tertiary alicyclic amines) is 1. The monoisotopic (exact) mass is 299 g/mol. The minimum absolute atomic E-state index is 0.0693. The molecule has 104 valence electrons. The lowest BCUT2D eigenvalue weighted by atomic mass is 9.93. The van der Waals surface area contributed by atoms with Crippen LogP contribution in [0.3, 0.4) is 0 Å². The molecular weight excluding hydrogens is 282 g/mol. The van der Waals surface area contributed by atoms with Gasteiger partial charge in [0.05, 0.1) is 9.96 Å². The van der Waals surface area contributed by atoms with E-state index in [-0.39, 0.29) is 5.91 Å². The Morgan fingerprint density at radius 1 is 1.58 bits per heavy atom. The molecule has 1 amide bonds. The van der Waals surface area contributed by atoms with Crippen LogP contribution < -0.4 is 0 Å². The summed E-state index contributed by atoms with van der Waals surface area (Å²) in [6, 6.07) is 3.91. The zero-order valence-electron chi connectivity index (χ0n) is 10.8. The maximum Gasteiger partial charge on any atom is 0.329 e. The van der Waals surface area contributed by atoms with Crippen LogP contribution in [0.5, 0.6) is 0 Å². The van der Waals surface area contributed by atoms with E-state index >= 15 is 0 Å². The maximum absolute atomic E-state index is 12.3. The number of carboxylic acid groups (broad SMARTS) is 1. The minimum atomic E-state index is -0.979. The molecule has 1 aliphatic heterocycles. The largest absolute Gasteiger partial charge is 0.479 e. The summed E-state index contributed by atoms with van der Waals surface area (Å²) in [7, 11) is 0. The molecule has 1 fully saturated rings. The topological polar surface area (TPSA) is 57.6 Å². The highest BCUT2D eigenvalue weighted by Gasteiger charge is 2.48. The number of aliphatic carboxylic acids is 1. The van der Waals surface area contributed by atoms with Crippen LogP contribution in [0.2, 0.25) is 0 Å². The number of thioether (sulfide) groups is 1. The molecule has 0 bridgehead atoms. The quantitative estimate of drug-likeness (QED) is 0.849. The Morgan fingerprint density at radius 3 is 2.95 bits per heavy atom. The first-order chi connectivity index (χ1) is 9.10. The van der Waals surface area contributed by atoms with Gasteiger partial charge in [-0.2, -0.15) is 0 Å². The SMILES string of the molecule is CCC1(C(=O)O)CCCN1C(=O)CSc1cccs1. The van der Waals surface area contributed by atoms with Crippen LogP contribution in [0.4, 0.5) is 0 Å². The molecule has 1 aliphatic rings. The van der Waals surface area contributed by atoms with Crippen LogP contribution in [-0.2, 0) is 9.59 Å². The number of nitrogens with zero attached hydrogens (tertiary/aromatic N) is 1. The van der Waals surface area contributed by atoms with E-state index in [9.17, 15) is 14.7 Å². The van der Waals surface area contributed by atoms with Crippen molar-refractivity contribution in [2.24, 2.45) is 0 Å². The van der Waals surface area contributed by atoms with Crippen molar-refractivity contribution in [3.05, 3.63) is 17.5 Å². The van der Waals surface area contributed by atoms with Gasteiger partial charge < -0.3 is 10.0 Å². The number of carbonyl (C=O) groups is 2. The Morgan fingerprint density at radius 2 is 2.37 bits per heavy atom. The number of amides is 1. The number of rotatable bonds is 5. The number of hydrogen-bond acceptors (Lipinski definition) is 4. The van der Waals surface area contributed by atoms with Gasteiger partial charge in [-0.1, -0.05) is 13.0 Å². The van der Waals surface area contributed by atoms with E-state index in [1.807, 2.05) is 24.4 Å². The molecule has 2 rings (SSSR count). The Kier molecular flexibility index (Phi) is 4.52. The molecule has 2 heterocycles. The van der Waals surface area contributed by atoms with Crippen molar-refractivity contribution < 1.29 is 14.7 Å². The fourth-order valence-corrected chi connectivity index (χ4v) is 4.20. The van der Waals surface area contributed by atoms with Crippen molar-refractivity contribution in [1.29, 1.82) is 0 Å². The summed E-state index contributed by atoms with van der Waals surface area (Å²) in [5.74, 6) is -0.627. The molecule has 1 aromatic rings. The first-order valence-corrected chi connectivity index (χ1v) is 8.17. The molecule has 1 saturated heterocycles. The van der Waals surface area contributed by atoms with E-state index in [1.165, 1.54) is 11.8 Å². The third-order valence-corrected chi connectivity index (χ3v) is 5.72. The summed E-state index contributed by atoms with van der Waals surface area (Å²) in [4.78, 5) is 25.3. The lowest BCUT2D eigenvalue weighted by molar-refractivity contribution is -0.155. The fourth-order valence-electron chi connectivity index (χ4n) is 2.54. The van der Waals surface area contributed by atoms with Crippen molar-refractivity contribution >= 4 is 35.0 Å². The van der Waals surface area contributed by atoms with Gasteiger partial charge in [0, 0.05) is 6.54 Å². The Balaban J connectivity index is 2.03. The Hall–Kier alpha value is -1.01. The van der Waals surface area contributed by atoms with Gasteiger partial charge in [-0.25, -0.2) is 4.79 Å². The van der Waals surface area contributed by atoms with Crippen molar-refractivity contribution in [2.45, 2.75) is 35.9 Å². The number of hydrogen-bond donors (Lipinski definition) is 1. The lowest BCUT2D eigenvalue weighted by Gasteiger charge is -2.33. The highest BCUT2D eigenvalue weighted by Crippen LogP contribution is 2.34. The molecule has 0 aromatic carbocycles. The zero-order valence-corrected chi connectivity index (χ0v) is 12.4. The number of carboxylic acids is 1. The van der Waals surface area contributed by atoms with Gasteiger partial charge in [0.2, 0.25) is 5.91 Å². The summed E-state index contributed by atoms with van der Waals surface area (Å²) in [5, 5.41) is 11.4. The zero-order chi connectivity index (χ0) is 13.9. The van der Waals surface area contributed by atoms with Crippen molar-refractivity contribution in [1.82, 2.24) is 4.90 Å². The second kappa shape index (κ2) is 5.96. The summed E-state index contributed by atoms with van der Waals surface area (Å²) < 4.78 is 1.09.